The number of nitrogens with zero attached hydrogens (tertiary/aromatic N) is 1. The van der Waals surface area contributed by atoms with Crippen molar-refractivity contribution in [3.05, 3.63) is 23.8 Å². The van der Waals surface area contributed by atoms with Crippen molar-refractivity contribution < 1.29 is 0 Å². The maximum atomic E-state index is 4.44. The van der Waals surface area contributed by atoms with E-state index in [1.165, 1.54) is 24.8 Å². The van der Waals surface area contributed by atoms with Gasteiger partial charge in [-0.1, -0.05) is 17.7 Å². The lowest BCUT2D eigenvalue weighted by molar-refractivity contribution is 0.649. The molecule has 1 heteroatoms. The lowest BCUT2D eigenvalue weighted by Crippen LogP contribution is -2.03. The molecule has 66 valence electrons. The maximum Gasteiger partial charge on any atom is 0.0679 e. The van der Waals surface area contributed by atoms with Crippen molar-refractivity contribution >= 4 is 6.21 Å². The molecule has 1 rings (SSSR count). The molecule has 0 aromatic heterocycles. The largest absolute Gasteiger partial charge is 0.286 e. The van der Waals surface area contributed by atoms with E-state index in [1.54, 1.807) is 0 Å². The Bertz CT molecular complexity index is 207. The molecule has 0 amide bonds. The van der Waals surface area contributed by atoms with Gasteiger partial charge in [-0.05, 0) is 39.2 Å². The van der Waals surface area contributed by atoms with Crippen LogP contribution in [0.25, 0.3) is 0 Å². The third-order valence-electron chi connectivity index (χ3n) is 1.91. The molecule has 1 aliphatic rings. The van der Waals surface area contributed by atoms with Gasteiger partial charge in [0.1, 0.15) is 0 Å². The van der Waals surface area contributed by atoms with Gasteiger partial charge in [-0.3, -0.25) is 4.99 Å². The molecule has 1 unspecified atom stereocenters. The Morgan fingerprint density at radius 3 is 2.92 bits per heavy atom. The summed E-state index contributed by atoms with van der Waals surface area (Å²) in [6, 6.07) is 0.439. The number of aliphatic imine (C=N–C) groups is 1. The molecular formula is C11H17N. The zero-order valence-electron chi connectivity index (χ0n) is 7.96. The molecule has 0 spiro atoms. The second kappa shape index (κ2) is 4.91. The Hall–Kier alpha value is -0.850. The number of rotatable bonds is 2. The Balaban J connectivity index is 2.39. The average molecular weight is 163 g/mol. The number of hydrogen-bond acceptors (Lipinski definition) is 1. The molecule has 0 aromatic rings. The van der Waals surface area contributed by atoms with Crippen molar-refractivity contribution in [3.63, 3.8) is 0 Å². The molecule has 0 bridgehead atoms. The second-order valence-corrected chi connectivity index (χ2v) is 3.47. The molecule has 0 saturated carbocycles. The molecule has 0 aromatic carbocycles. The first-order valence-corrected chi connectivity index (χ1v) is 4.62. The van der Waals surface area contributed by atoms with Gasteiger partial charge in [0.05, 0.1) is 6.04 Å². The SMILES string of the molecule is CC(C)=CC=NC1C=CCCC1. The maximum absolute atomic E-state index is 4.44. The molecule has 12 heavy (non-hydrogen) atoms. The van der Waals surface area contributed by atoms with Crippen molar-refractivity contribution in [3.8, 4) is 0 Å². The molecule has 1 atom stereocenters. The molecule has 0 saturated heterocycles. The lowest BCUT2D eigenvalue weighted by Gasteiger charge is -2.10. The fourth-order valence-corrected chi connectivity index (χ4v) is 1.22. The third-order valence-corrected chi connectivity index (χ3v) is 1.91. The molecular weight excluding hydrogens is 146 g/mol. The standard InChI is InChI=1S/C11H17N/c1-10(2)8-9-12-11-6-4-3-5-7-11/h4,6,8-9,11H,3,5,7H2,1-2H3. The highest BCUT2D eigenvalue weighted by Crippen LogP contribution is 2.12. The minimum atomic E-state index is 0.439. The van der Waals surface area contributed by atoms with Gasteiger partial charge in [-0.2, -0.15) is 0 Å². The van der Waals surface area contributed by atoms with Gasteiger partial charge in [0.2, 0.25) is 0 Å². The highest BCUT2D eigenvalue weighted by molar-refractivity contribution is 5.72. The summed E-state index contributed by atoms with van der Waals surface area (Å²) in [5.41, 5.74) is 1.30. The summed E-state index contributed by atoms with van der Waals surface area (Å²) in [5.74, 6) is 0. The van der Waals surface area contributed by atoms with Crippen molar-refractivity contribution in [2.75, 3.05) is 0 Å². The van der Waals surface area contributed by atoms with Crippen LogP contribution in [-0.4, -0.2) is 12.3 Å². The zero-order valence-corrected chi connectivity index (χ0v) is 7.96. The smallest absolute Gasteiger partial charge is 0.0679 e. The normalized spacial score (nSPS) is 23.0. The fraction of sp³-hybridized carbons (Fsp3) is 0.545. The Kier molecular flexibility index (Phi) is 3.78. The van der Waals surface area contributed by atoms with Crippen LogP contribution < -0.4 is 0 Å². The van der Waals surface area contributed by atoms with E-state index in [0.29, 0.717) is 6.04 Å². The Labute approximate surface area is 74.9 Å². The van der Waals surface area contributed by atoms with Gasteiger partial charge in [-0.15, -0.1) is 0 Å². The van der Waals surface area contributed by atoms with Gasteiger partial charge < -0.3 is 0 Å². The van der Waals surface area contributed by atoms with Crippen LogP contribution in [0.1, 0.15) is 33.1 Å². The van der Waals surface area contributed by atoms with Gasteiger partial charge in [0, 0.05) is 6.21 Å². The van der Waals surface area contributed by atoms with Crippen LogP contribution in [0.3, 0.4) is 0 Å². The predicted octanol–water partition coefficient (Wildman–Crippen LogP) is 3.13. The molecule has 1 aliphatic carbocycles. The van der Waals surface area contributed by atoms with Crippen LogP contribution >= 0.6 is 0 Å². The summed E-state index contributed by atoms with van der Waals surface area (Å²) in [6.45, 7) is 4.17. The molecule has 1 nitrogen and oxygen atoms in total. The number of hydrogen-bond donors (Lipinski definition) is 0. The van der Waals surface area contributed by atoms with E-state index in [1.807, 2.05) is 6.21 Å². The summed E-state index contributed by atoms with van der Waals surface area (Å²) in [5, 5.41) is 0. The average Bonchev–Trinajstić information content (AvgIpc) is 2.05. The third kappa shape index (κ3) is 3.51. The quantitative estimate of drug-likeness (QED) is 0.438. The van der Waals surface area contributed by atoms with Gasteiger partial charge in [0.15, 0.2) is 0 Å². The van der Waals surface area contributed by atoms with E-state index in [4.69, 9.17) is 0 Å². The van der Waals surface area contributed by atoms with Crippen LogP contribution in [0.2, 0.25) is 0 Å². The summed E-state index contributed by atoms with van der Waals surface area (Å²) in [7, 11) is 0. The molecule has 0 aliphatic heterocycles. The summed E-state index contributed by atoms with van der Waals surface area (Å²) in [4.78, 5) is 4.44. The zero-order chi connectivity index (χ0) is 8.81. The van der Waals surface area contributed by atoms with Crippen molar-refractivity contribution in [1.29, 1.82) is 0 Å². The van der Waals surface area contributed by atoms with Crippen molar-refractivity contribution in [2.45, 2.75) is 39.2 Å². The lowest BCUT2D eigenvalue weighted by atomic mass is 10.0. The van der Waals surface area contributed by atoms with Gasteiger partial charge in [0.25, 0.3) is 0 Å². The molecule has 0 radical (unpaired) electrons. The first-order valence-electron chi connectivity index (χ1n) is 4.62. The summed E-state index contributed by atoms with van der Waals surface area (Å²) < 4.78 is 0. The van der Waals surface area contributed by atoms with Crippen LogP contribution in [0.4, 0.5) is 0 Å². The first kappa shape index (κ1) is 9.24. The summed E-state index contributed by atoms with van der Waals surface area (Å²) in [6.07, 6.45) is 12.1. The highest BCUT2D eigenvalue weighted by atomic mass is 14.8. The monoisotopic (exact) mass is 163 g/mol. The first-order chi connectivity index (χ1) is 5.79. The van der Waals surface area contributed by atoms with Crippen molar-refractivity contribution in [2.24, 2.45) is 4.99 Å². The molecule has 0 fully saturated rings. The van der Waals surface area contributed by atoms with Crippen LogP contribution in [0.5, 0.6) is 0 Å². The van der Waals surface area contributed by atoms with Crippen LogP contribution in [-0.2, 0) is 0 Å². The predicted molar refractivity (Wildman–Crippen MR) is 54.7 cm³/mol. The number of allylic oxidation sites excluding steroid dienone is 3. The highest BCUT2D eigenvalue weighted by Gasteiger charge is 2.03. The van der Waals surface area contributed by atoms with E-state index < -0.39 is 0 Å². The van der Waals surface area contributed by atoms with E-state index in [2.05, 4.69) is 37.1 Å². The van der Waals surface area contributed by atoms with Gasteiger partial charge in [-0.25, -0.2) is 0 Å². The molecule has 0 N–H and O–H groups in total. The second-order valence-electron chi connectivity index (χ2n) is 3.47. The minimum Gasteiger partial charge on any atom is -0.286 e. The van der Waals surface area contributed by atoms with Crippen LogP contribution in [0, 0.1) is 0 Å². The Morgan fingerprint density at radius 2 is 2.33 bits per heavy atom. The van der Waals surface area contributed by atoms with Gasteiger partial charge >= 0.3 is 0 Å². The van der Waals surface area contributed by atoms with E-state index in [0.717, 1.165) is 0 Å². The van der Waals surface area contributed by atoms with E-state index in [-0.39, 0.29) is 0 Å². The van der Waals surface area contributed by atoms with E-state index >= 15 is 0 Å². The molecule has 0 heterocycles. The Morgan fingerprint density at radius 1 is 1.50 bits per heavy atom. The fourth-order valence-electron chi connectivity index (χ4n) is 1.22. The topological polar surface area (TPSA) is 12.4 Å². The van der Waals surface area contributed by atoms with E-state index in [9.17, 15) is 0 Å². The van der Waals surface area contributed by atoms with Crippen LogP contribution in [0.15, 0.2) is 28.8 Å². The van der Waals surface area contributed by atoms with Crippen molar-refractivity contribution in [1.82, 2.24) is 0 Å². The summed E-state index contributed by atoms with van der Waals surface area (Å²) >= 11 is 0. The minimum absolute atomic E-state index is 0.439.